The van der Waals surface area contributed by atoms with Crippen LogP contribution in [0.2, 0.25) is 0 Å². The van der Waals surface area contributed by atoms with Crippen LogP contribution in [0.3, 0.4) is 0 Å². The molecule has 4 nitrogen and oxygen atoms in total. The molecule has 2 rings (SSSR count). The Bertz CT molecular complexity index is 451. The van der Waals surface area contributed by atoms with Crippen molar-refractivity contribution in [1.29, 1.82) is 0 Å². The maximum absolute atomic E-state index is 12.9. The summed E-state index contributed by atoms with van der Waals surface area (Å²) < 4.78 is 30.4. The van der Waals surface area contributed by atoms with E-state index in [2.05, 4.69) is 15.0 Å². The van der Waals surface area contributed by atoms with Gasteiger partial charge >= 0.3 is 11.9 Å². The van der Waals surface area contributed by atoms with Crippen molar-refractivity contribution in [1.82, 2.24) is 10.3 Å². The Balaban J connectivity index is 1.81. The molecule has 0 bridgehead atoms. The summed E-state index contributed by atoms with van der Waals surface area (Å²) in [6.07, 6.45) is 2.10. The van der Waals surface area contributed by atoms with E-state index in [0.717, 1.165) is 11.1 Å². The molecule has 6 heteroatoms. The van der Waals surface area contributed by atoms with Crippen LogP contribution in [0.1, 0.15) is 17.5 Å². The molecule has 1 fully saturated rings. The number of halogens is 2. The van der Waals surface area contributed by atoms with E-state index < -0.39 is 24.4 Å². The maximum Gasteiger partial charge on any atom is 0.377 e. The third-order valence-corrected chi connectivity index (χ3v) is 2.89. The molecule has 1 unspecified atom stereocenters. The average molecular weight is 256 g/mol. The summed E-state index contributed by atoms with van der Waals surface area (Å²) in [6.45, 7) is 2.68. The minimum Gasteiger partial charge on any atom is -0.456 e. The van der Waals surface area contributed by atoms with Crippen LogP contribution in [0.4, 0.5) is 8.78 Å². The van der Waals surface area contributed by atoms with E-state index in [-0.39, 0.29) is 6.54 Å². The van der Waals surface area contributed by atoms with Gasteiger partial charge in [0.15, 0.2) is 0 Å². The number of carbonyl (C=O) groups is 1. The number of pyridine rings is 1. The number of ether oxygens (including phenoxy) is 1. The van der Waals surface area contributed by atoms with Gasteiger partial charge in [-0.15, -0.1) is 0 Å². The van der Waals surface area contributed by atoms with Crippen LogP contribution < -0.4 is 5.32 Å². The first-order valence-corrected chi connectivity index (χ1v) is 5.68. The molecule has 0 aromatic carbocycles. The third kappa shape index (κ3) is 2.81. The molecular weight excluding hydrogens is 242 g/mol. The number of cyclic esters (lactones) is 1. The fraction of sp³-hybridized carbons (Fsp3) is 0.500. The van der Waals surface area contributed by atoms with Crippen molar-refractivity contribution in [3.05, 3.63) is 29.6 Å². The number of carbonyl (C=O) groups excluding carboxylic acids is 1. The van der Waals surface area contributed by atoms with E-state index in [9.17, 15) is 13.6 Å². The molecule has 1 N–H and O–H groups in total. The minimum atomic E-state index is -3.34. The van der Waals surface area contributed by atoms with Gasteiger partial charge in [0.25, 0.3) is 0 Å². The molecule has 1 aliphatic rings. The molecule has 0 saturated carbocycles. The van der Waals surface area contributed by atoms with Crippen LogP contribution in [-0.4, -0.2) is 29.5 Å². The molecule has 0 amide bonds. The molecule has 0 spiro atoms. The normalized spacial score (nSPS) is 21.9. The van der Waals surface area contributed by atoms with Crippen LogP contribution in [0.15, 0.2) is 18.5 Å². The zero-order valence-electron chi connectivity index (χ0n) is 9.95. The number of rotatable bonds is 4. The van der Waals surface area contributed by atoms with Gasteiger partial charge in [-0.1, -0.05) is 0 Å². The van der Waals surface area contributed by atoms with Gasteiger partial charge < -0.3 is 10.1 Å². The summed E-state index contributed by atoms with van der Waals surface area (Å²) >= 11 is 0. The molecule has 98 valence electrons. The molecule has 1 aromatic heterocycles. The summed E-state index contributed by atoms with van der Waals surface area (Å²) in [5.74, 6) is -4.76. The highest BCUT2D eigenvalue weighted by Crippen LogP contribution is 2.30. The van der Waals surface area contributed by atoms with Crippen LogP contribution >= 0.6 is 0 Å². The lowest BCUT2D eigenvalue weighted by Gasteiger charge is -2.10. The number of hydrogen-bond donors (Lipinski definition) is 1. The molecule has 2 heterocycles. The highest BCUT2D eigenvalue weighted by molar-refractivity contribution is 5.79. The Kier molecular flexibility index (Phi) is 3.56. The van der Waals surface area contributed by atoms with Gasteiger partial charge in [0.2, 0.25) is 0 Å². The Labute approximate surface area is 103 Å². The van der Waals surface area contributed by atoms with Crippen molar-refractivity contribution in [2.24, 2.45) is 0 Å². The first-order chi connectivity index (χ1) is 8.49. The molecule has 18 heavy (non-hydrogen) atoms. The van der Waals surface area contributed by atoms with Crippen LogP contribution in [0.25, 0.3) is 0 Å². The standard InChI is InChI=1S/C12H14F2N2O2/c1-8-2-3-15-5-9(8)6-16-7-10-4-12(13,14)11(17)18-10/h2-3,5,10,16H,4,6-7H2,1H3. The number of aryl methyl sites for hydroxylation is 1. The van der Waals surface area contributed by atoms with Crippen molar-refractivity contribution in [2.75, 3.05) is 6.54 Å². The van der Waals surface area contributed by atoms with Gasteiger partial charge in [0.1, 0.15) is 6.10 Å². The lowest BCUT2D eigenvalue weighted by Crippen LogP contribution is -2.27. The molecule has 1 aromatic rings. The molecule has 0 radical (unpaired) electrons. The van der Waals surface area contributed by atoms with Crippen LogP contribution in [0.5, 0.6) is 0 Å². The molecule has 1 saturated heterocycles. The lowest BCUT2D eigenvalue weighted by molar-refractivity contribution is -0.159. The maximum atomic E-state index is 12.9. The van der Waals surface area contributed by atoms with Crippen molar-refractivity contribution in [2.45, 2.75) is 31.9 Å². The smallest absolute Gasteiger partial charge is 0.377 e. The molecule has 1 aliphatic heterocycles. The number of nitrogens with zero attached hydrogens (tertiary/aromatic N) is 1. The summed E-state index contributed by atoms with van der Waals surface area (Å²) in [4.78, 5) is 14.8. The minimum absolute atomic E-state index is 0.218. The second-order valence-electron chi connectivity index (χ2n) is 4.37. The number of nitrogens with one attached hydrogen (secondary N) is 1. The summed E-state index contributed by atoms with van der Waals surface area (Å²) in [5, 5.41) is 2.99. The fourth-order valence-electron chi connectivity index (χ4n) is 1.81. The number of alkyl halides is 2. The van der Waals surface area contributed by atoms with E-state index in [4.69, 9.17) is 0 Å². The summed E-state index contributed by atoms with van der Waals surface area (Å²) in [5.41, 5.74) is 2.07. The van der Waals surface area contributed by atoms with Crippen molar-refractivity contribution >= 4 is 5.97 Å². The second-order valence-corrected chi connectivity index (χ2v) is 4.37. The molecule has 0 aliphatic carbocycles. The van der Waals surface area contributed by atoms with E-state index in [1.54, 1.807) is 12.4 Å². The van der Waals surface area contributed by atoms with Crippen LogP contribution in [-0.2, 0) is 16.1 Å². The van der Waals surface area contributed by atoms with E-state index in [0.29, 0.717) is 6.54 Å². The Morgan fingerprint density at radius 3 is 3.00 bits per heavy atom. The fourth-order valence-corrected chi connectivity index (χ4v) is 1.81. The zero-order valence-corrected chi connectivity index (χ0v) is 9.95. The largest absolute Gasteiger partial charge is 0.456 e. The van der Waals surface area contributed by atoms with Gasteiger partial charge in [-0.2, -0.15) is 8.78 Å². The quantitative estimate of drug-likeness (QED) is 0.828. The van der Waals surface area contributed by atoms with Crippen LogP contribution in [0, 0.1) is 6.92 Å². The summed E-state index contributed by atoms with van der Waals surface area (Å²) in [7, 11) is 0. The van der Waals surface area contributed by atoms with Crippen molar-refractivity contribution in [3.8, 4) is 0 Å². The van der Waals surface area contributed by atoms with E-state index in [1.807, 2.05) is 13.0 Å². The first kappa shape index (κ1) is 12.9. The highest BCUT2D eigenvalue weighted by atomic mass is 19.3. The van der Waals surface area contributed by atoms with Gasteiger partial charge in [-0.3, -0.25) is 4.98 Å². The predicted octanol–water partition coefficient (Wildman–Crippen LogP) is 1.43. The SMILES string of the molecule is Cc1ccncc1CNCC1CC(F)(F)C(=O)O1. The van der Waals surface area contributed by atoms with Crippen molar-refractivity contribution in [3.63, 3.8) is 0 Å². The number of aromatic nitrogens is 1. The Morgan fingerprint density at radius 2 is 2.39 bits per heavy atom. The second kappa shape index (κ2) is 4.97. The predicted molar refractivity (Wildman–Crippen MR) is 60.1 cm³/mol. The first-order valence-electron chi connectivity index (χ1n) is 5.68. The van der Waals surface area contributed by atoms with Gasteiger partial charge in [-0.05, 0) is 24.1 Å². The zero-order chi connectivity index (χ0) is 13.2. The van der Waals surface area contributed by atoms with Gasteiger partial charge in [0, 0.05) is 25.5 Å². The lowest BCUT2D eigenvalue weighted by atomic mass is 10.1. The van der Waals surface area contributed by atoms with E-state index in [1.165, 1.54) is 0 Å². The Morgan fingerprint density at radius 1 is 1.61 bits per heavy atom. The summed E-state index contributed by atoms with van der Waals surface area (Å²) in [6, 6.07) is 1.88. The number of hydrogen-bond acceptors (Lipinski definition) is 4. The monoisotopic (exact) mass is 256 g/mol. The van der Waals surface area contributed by atoms with E-state index >= 15 is 0 Å². The number of esters is 1. The third-order valence-electron chi connectivity index (χ3n) is 2.89. The van der Waals surface area contributed by atoms with Gasteiger partial charge in [0.05, 0.1) is 6.42 Å². The van der Waals surface area contributed by atoms with Gasteiger partial charge in [-0.25, -0.2) is 4.79 Å². The molecule has 1 atom stereocenters. The Hall–Kier alpha value is -1.56. The van der Waals surface area contributed by atoms with Crippen molar-refractivity contribution < 1.29 is 18.3 Å². The highest BCUT2D eigenvalue weighted by Gasteiger charge is 2.50. The topological polar surface area (TPSA) is 51.2 Å². The average Bonchev–Trinajstić information content (AvgIpc) is 2.55. The molecular formula is C12H14F2N2O2.